The first kappa shape index (κ1) is 52.5. The standard InChI is InChI=1S/C46H87NO6S/c1-3-5-7-9-11-13-15-17-19-21-22-23-24-25-27-28-30-32-34-36-38-40-44(48)43(42-54(51,52)53)47-46(50)45(49)41-39-37-35-33-31-29-26-20-18-16-14-12-10-8-6-4-2/h12,14,18,20,38,40,43-45,48-49H,3-11,13,15-17,19,21-37,39,41-42H2,1-2H3,(H,47,50)(H,51,52,53)/b14-12-,20-18-,40-38+. The monoisotopic (exact) mass is 782 g/mol. The third-order valence-electron chi connectivity index (χ3n) is 10.4. The Morgan fingerprint density at radius 3 is 1.30 bits per heavy atom. The van der Waals surface area contributed by atoms with E-state index in [0.29, 0.717) is 6.42 Å². The molecule has 0 aliphatic rings. The maximum Gasteiger partial charge on any atom is 0.267 e. The van der Waals surface area contributed by atoms with Crippen LogP contribution in [0.3, 0.4) is 0 Å². The van der Waals surface area contributed by atoms with Crippen LogP contribution in [0.5, 0.6) is 0 Å². The minimum Gasteiger partial charge on any atom is -0.387 e. The van der Waals surface area contributed by atoms with Crippen molar-refractivity contribution in [2.24, 2.45) is 0 Å². The van der Waals surface area contributed by atoms with E-state index in [1.807, 2.05) is 6.08 Å². The van der Waals surface area contributed by atoms with Crippen LogP contribution in [0.1, 0.15) is 226 Å². The summed E-state index contributed by atoms with van der Waals surface area (Å²) >= 11 is 0. The van der Waals surface area contributed by atoms with Crippen molar-refractivity contribution < 1.29 is 28.0 Å². The van der Waals surface area contributed by atoms with Gasteiger partial charge in [0.2, 0.25) is 5.91 Å². The van der Waals surface area contributed by atoms with Crippen LogP contribution in [-0.2, 0) is 14.9 Å². The Labute approximate surface area is 334 Å². The van der Waals surface area contributed by atoms with Gasteiger partial charge in [-0.1, -0.05) is 211 Å². The molecule has 3 atom stereocenters. The van der Waals surface area contributed by atoms with E-state index < -0.39 is 40.0 Å². The highest BCUT2D eigenvalue weighted by Gasteiger charge is 2.27. The number of amides is 1. The van der Waals surface area contributed by atoms with Crippen molar-refractivity contribution in [2.45, 2.75) is 244 Å². The second-order valence-corrected chi connectivity index (χ2v) is 17.3. The number of hydrogen-bond acceptors (Lipinski definition) is 5. The molecule has 8 heteroatoms. The van der Waals surface area contributed by atoms with Crippen LogP contribution in [0.15, 0.2) is 36.5 Å². The van der Waals surface area contributed by atoms with E-state index in [1.165, 1.54) is 141 Å². The molecule has 0 aromatic rings. The molecule has 7 nitrogen and oxygen atoms in total. The predicted octanol–water partition coefficient (Wildman–Crippen LogP) is 12.7. The number of rotatable bonds is 41. The lowest BCUT2D eigenvalue weighted by molar-refractivity contribution is -0.130. The minimum absolute atomic E-state index is 0.268. The van der Waals surface area contributed by atoms with Crippen molar-refractivity contribution in [3.8, 4) is 0 Å². The summed E-state index contributed by atoms with van der Waals surface area (Å²) < 4.78 is 32.6. The summed E-state index contributed by atoms with van der Waals surface area (Å²) in [6.45, 7) is 4.50. The largest absolute Gasteiger partial charge is 0.387 e. The average Bonchev–Trinajstić information content (AvgIpc) is 3.14. The first-order valence-electron chi connectivity index (χ1n) is 22.8. The highest BCUT2D eigenvalue weighted by Crippen LogP contribution is 2.16. The lowest BCUT2D eigenvalue weighted by Crippen LogP contribution is -2.50. The molecular weight excluding hydrogens is 695 g/mol. The number of unbranched alkanes of at least 4 members (excludes halogenated alkanes) is 28. The smallest absolute Gasteiger partial charge is 0.267 e. The Morgan fingerprint density at radius 1 is 0.519 bits per heavy atom. The van der Waals surface area contributed by atoms with Gasteiger partial charge in [0, 0.05) is 0 Å². The second-order valence-electron chi connectivity index (χ2n) is 15.8. The molecule has 4 N–H and O–H groups in total. The fourth-order valence-electron chi connectivity index (χ4n) is 6.90. The van der Waals surface area contributed by atoms with Crippen LogP contribution >= 0.6 is 0 Å². The maximum atomic E-state index is 12.6. The second kappa shape index (κ2) is 39.7. The molecule has 0 aliphatic carbocycles. The molecule has 0 saturated carbocycles. The Hall–Kier alpha value is -1.48. The molecule has 0 aromatic carbocycles. The van der Waals surface area contributed by atoms with Crippen molar-refractivity contribution in [1.29, 1.82) is 0 Å². The van der Waals surface area contributed by atoms with Gasteiger partial charge in [-0.2, -0.15) is 8.42 Å². The normalized spacial score (nSPS) is 14.1. The molecule has 0 rings (SSSR count). The molecule has 318 valence electrons. The molecular formula is C46H87NO6S. The number of hydrogen-bond donors (Lipinski definition) is 4. The fraction of sp³-hybridized carbons (Fsp3) is 0.848. The van der Waals surface area contributed by atoms with E-state index in [4.69, 9.17) is 0 Å². The number of nitrogens with one attached hydrogen (secondary N) is 1. The number of allylic oxidation sites excluding steroid dienone is 5. The molecule has 0 spiro atoms. The van der Waals surface area contributed by atoms with Crippen LogP contribution in [0.25, 0.3) is 0 Å². The van der Waals surface area contributed by atoms with Crippen LogP contribution in [0.2, 0.25) is 0 Å². The van der Waals surface area contributed by atoms with Crippen molar-refractivity contribution in [3.05, 3.63) is 36.5 Å². The highest BCUT2D eigenvalue weighted by molar-refractivity contribution is 7.85. The summed E-state index contributed by atoms with van der Waals surface area (Å²) in [5.74, 6) is -1.54. The Bertz CT molecular complexity index is 1010. The number of aliphatic hydroxyl groups is 2. The summed E-state index contributed by atoms with van der Waals surface area (Å²) in [5.41, 5.74) is 0. The minimum atomic E-state index is -4.45. The molecule has 0 aromatic heterocycles. The van der Waals surface area contributed by atoms with Gasteiger partial charge in [-0.05, 0) is 51.4 Å². The molecule has 1 amide bonds. The summed E-state index contributed by atoms with van der Waals surface area (Å²) in [6, 6.07) is -1.24. The van der Waals surface area contributed by atoms with Gasteiger partial charge in [0.05, 0.1) is 17.9 Å². The van der Waals surface area contributed by atoms with Crippen molar-refractivity contribution in [2.75, 3.05) is 5.75 Å². The number of carbonyl (C=O) groups excluding carboxylic acids is 1. The van der Waals surface area contributed by atoms with Crippen molar-refractivity contribution in [1.82, 2.24) is 5.32 Å². The number of aliphatic hydroxyl groups excluding tert-OH is 2. The Morgan fingerprint density at radius 2 is 0.870 bits per heavy atom. The van der Waals surface area contributed by atoms with E-state index in [2.05, 4.69) is 43.5 Å². The topological polar surface area (TPSA) is 124 Å². The Balaban J connectivity index is 3.98. The van der Waals surface area contributed by atoms with E-state index in [0.717, 1.165) is 64.2 Å². The lowest BCUT2D eigenvalue weighted by atomic mass is 10.0. The summed E-state index contributed by atoms with van der Waals surface area (Å²) in [4.78, 5) is 12.6. The number of carbonyl (C=O) groups is 1. The first-order chi connectivity index (χ1) is 26.2. The van der Waals surface area contributed by atoms with Crippen LogP contribution in [0, 0.1) is 0 Å². The zero-order valence-corrected chi connectivity index (χ0v) is 36.0. The zero-order valence-electron chi connectivity index (χ0n) is 35.2. The van der Waals surface area contributed by atoms with Crippen LogP contribution < -0.4 is 5.32 Å². The predicted molar refractivity (Wildman–Crippen MR) is 231 cm³/mol. The maximum absolute atomic E-state index is 12.6. The molecule has 0 bridgehead atoms. The zero-order chi connectivity index (χ0) is 39.8. The van der Waals surface area contributed by atoms with Gasteiger partial charge in [0.1, 0.15) is 6.10 Å². The molecule has 0 aliphatic heterocycles. The molecule has 3 unspecified atom stereocenters. The molecule has 0 fully saturated rings. The summed E-state index contributed by atoms with van der Waals surface area (Å²) in [5, 5.41) is 23.5. The van der Waals surface area contributed by atoms with Gasteiger partial charge < -0.3 is 15.5 Å². The van der Waals surface area contributed by atoms with Crippen LogP contribution in [0.4, 0.5) is 0 Å². The molecule has 0 heterocycles. The van der Waals surface area contributed by atoms with Gasteiger partial charge in [-0.3, -0.25) is 9.35 Å². The van der Waals surface area contributed by atoms with E-state index in [9.17, 15) is 28.0 Å². The lowest BCUT2D eigenvalue weighted by Gasteiger charge is -2.22. The quantitative estimate of drug-likeness (QED) is 0.0278. The molecule has 54 heavy (non-hydrogen) atoms. The van der Waals surface area contributed by atoms with Crippen molar-refractivity contribution in [3.63, 3.8) is 0 Å². The van der Waals surface area contributed by atoms with Gasteiger partial charge in [0.25, 0.3) is 10.1 Å². The van der Waals surface area contributed by atoms with E-state index in [1.54, 1.807) is 0 Å². The summed E-state index contributed by atoms with van der Waals surface area (Å²) in [7, 11) is -4.45. The van der Waals surface area contributed by atoms with E-state index in [-0.39, 0.29) is 6.42 Å². The first-order valence-corrected chi connectivity index (χ1v) is 24.4. The SMILES string of the molecule is CCCCC/C=C\C/C=C\CCCCCCCCC(O)C(=O)NC(CS(=O)(=O)O)C(O)/C=C/CCCCCCCCCCCCCCCCCCCCC. The fourth-order valence-corrected chi connectivity index (χ4v) is 7.63. The molecule has 0 saturated heterocycles. The molecule has 0 radical (unpaired) electrons. The van der Waals surface area contributed by atoms with Crippen LogP contribution in [-0.4, -0.2) is 53.1 Å². The Kier molecular flexibility index (Phi) is 38.7. The van der Waals surface area contributed by atoms with Gasteiger partial charge >= 0.3 is 0 Å². The third kappa shape index (κ3) is 38.8. The summed E-state index contributed by atoms with van der Waals surface area (Å²) in [6.07, 6.45) is 49.1. The van der Waals surface area contributed by atoms with E-state index >= 15 is 0 Å². The van der Waals surface area contributed by atoms with Gasteiger partial charge in [-0.15, -0.1) is 0 Å². The highest BCUT2D eigenvalue weighted by atomic mass is 32.2. The average molecular weight is 782 g/mol. The van der Waals surface area contributed by atoms with Gasteiger partial charge in [0.15, 0.2) is 0 Å². The third-order valence-corrected chi connectivity index (χ3v) is 11.2. The van der Waals surface area contributed by atoms with Gasteiger partial charge in [-0.25, -0.2) is 0 Å². The van der Waals surface area contributed by atoms with Crippen molar-refractivity contribution >= 4 is 16.0 Å².